The van der Waals surface area contributed by atoms with Crippen molar-refractivity contribution in [2.24, 2.45) is 5.10 Å². The molecule has 7 nitrogen and oxygen atoms in total. The number of ether oxygens (including phenoxy) is 1. The molecule has 0 unspecified atom stereocenters. The van der Waals surface area contributed by atoms with Crippen LogP contribution in [0.25, 0.3) is 0 Å². The average molecular weight is 470 g/mol. The van der Waals surface area contributed by atoms with Crippen molar-refractivity contribution in [3.8, 4) is 5.75 Å². The van der Waals surface area contributed by atoms with Crippen LogP contribution >= 0.6 is 23.2 Å². The lowest BCUT2D eigenvalue weighted by molar-refractivity contribution is -0.136. The Morgan fingerprint density at radius 1 is 0.875 bits per heavy atom. The molecule has 2 N–H and O–H groups in total. The molecule has 0 aliphatic carbocycles. The Labute approximate surface area is 194 Å². The fraction of sp³-hybridized carbons (Fsp3) is 0.0435. The normalized spacial score (nSPS) is 10.6. The zero-order chi connectivity index (χ0) is 23.1. The van der Waals surface area contributed by atoms with Crippen molar-refractivity contribution in [1.82, 2.24) is 5.43 Å². The molecule has 0 fully saturated rings. The summed E-state index contributed by atoms with van der Waals surface area (Å²) in [5, 5.41) is 6.70. The van der Waals surface area contributed by atoms with Crippen LogP contribution in [0.5, 0.6) is 5.75 Å². The highest BCUT2D eigenvalue weighted by atomic mass is 35.5. The van der Waals surface area contributed by atoms with Crippen LogP contribution in [0.2, 0.25) is 10.0 Å². The highest BCUT2D eigenvalue weighted by Crippen LogP contribution is 2.24. The van der Waals surface area contributed by atoms with Gasteiger partial charge in [-0.25, -0.2) is 10.2 Å². The summed E-state index contributed by atoms with van der Waals surface area (Å²) in [6.07, 6.45) is 1.34. The molecule has 2 amide bonds. The molecule has 3 aromatic rings. The van der Waals surface area contributed by atoms with Crippen LogP contribution in [-0.4, -0.2) is 24.0 Å². The van der Waals surface area contributed by atoms with Gasteiger partial charge in [-0.2, -0.15) is 5.10 Å². The van der Waals surface area contributed by atoms with Crippen molar-refractivity contribution >= 4 is 52.9 Å². The van der Waals surface area contributed by atoms with E-state index in [2.05, 4.69) is 15.8 Å². The molecule has 3 aromatic carbocycles. The molecule has 162 valence electrons. The van der Waals surface area contributed by atoms with Crippen LogP contribution < -0.4 is 15.5 Å². The molecule has 0 saturated carbocycles. The number of carbonyl (C=O) groups is 3. The molecule has 0 heterocycles. The number of aryl methyl sites for hydroxylation is 1. The van der Waals surface area contributed by atoms with Gasteiger partial charge >= 0.3 is 17.8 Å². The predicted molar refractivity (Wildman–Crippen MR) is 123 cm³/mol. The van der Waals surface area contributed by atoms with Crippen molar-refractivity contribution in [2.45, 2.75) is 6.92 Å². The van der Waals surface area contributed by atoms with E-state index in [4.69, 9.17) is 27.9 Å². The van der Waals surface area contributed by atoms with Crippen molar-refractivity contribution in [3.05, 3.63) is 93.5 Å². The van der Waals surface area contributed by atoms with Gasteiger partial charge in [0.1, 0.15) is 5.75 Å². The Morgan fingerprint density at radius 3 is 2.22 bits per heavy atom. The average Bonchev–Trinajstić information content (AvgIpc) is 2.77. The quantitative estimate of drug-likeness (QED) is 0.187. The van der Waals surface area contributed by atoms with Gasteiger partial charge in [0, 0.05) is 5.69 Å². The zero-order valence-electron chi connectivity index (χ0n) is 16.8. The number of carbonyl (C=O) groups excluding carboxylic acids is 3. The van der Waals surface area contributed by atoms with Gasteiger partial charge in [-0.3, -0.25) is 9.59 Å². The number of halogens is 2. The van der Waals surface area contributed by atoms with Crippen LogP contribution in [0.3, 0.4) is 0 Å². The van der Waals surface area contributed by atoms with E-state index in [0.29, 0.717) is 27.6 Å². The standard InChI is InChI=1S/C23H17Cl2N3O4/c1-14-2-6-16(7-3-14)23(31)32-18-9-4-15(5-10-18)13-26-28-22(30)21(29)27-17-8-11-19(24)20(25)12-17/h2-13H,1H3,(H,27,29)(H,28,30)/b26-13-. The Hall–Kier alpha value is -3.68. The summed E-state index contributed by atoms with van der Waals surface area (Å²) in [4.78, 5) is 35.9. The fourth-order valence-corrected chi connectivity index (χ4v) is 2.75. The summed E-state index contributed by atoms with van der Waals surface area (Å²) in [6, 6.07) is 17.9. The smallest absolute Gasteiger partial charge is 0.343 e. The lowest BCUT2D eigenvalue weighted by Gasteiger charge is -2.05. The first-order chi connectivity index (χ1) is 15.3. The third-order valence-electron chi connectivity index (χ3n) is 4.14. The van der Waals surface area contributed by atoms with Crippen molar-refractivity contribution in [2.75, 3.05) is 5.32 Å². The molecule has 0 bridgehead atoms. The molecule has 0 atom stereocenters. The lowest BCUT2D eigenvalue weighted by Crippen LogP contribution is -2.32. The van der Waals surface area contributed by atoms with E-state index in [1.807, 2.05) is 19.1 Å². The summed E-state index contributed by atoms with van der Waals surface area (Å²) < 4.78 is 5.32. The largest absolute Gasteiger partial charge is 0.423 e. The third kappa shape index (κ3) is 6.41. The van der Waals surface area contributed by atoms with E-state index >= 15 is 0 Å². The van der Waals surface area contributed by atoms with Crippen molar-refractivity contribution in [1.29, 1.82) is 0 Å². The van der Waals surface area contributed by atoms with Crippen LogP contribution in [0.1, 0.15) is 21.5 Å². The SMILES string of the molecule is Cc1ccc(C(=O)Oc2ccc(/C=N\NC(=O)C(=O)Nc3ccc(Cl)c(Cl)c3)cc2)cc1. The van der Waals surface area contributed by atoms with Gasteiger partial charge in [0.15, 0.2) is 0 Å². The molecule has 0 aromatic heterocycles. The maximum Gasteiger partial charge on any atom is 0.343 e. The summed E-state index contributed by atoms with van der Waals surface area (Å²) in [6.45, 7) is 1.93. The van der Waals surface area contributed by atoms with E-state index in [1.165, 1.54) is 24.4 Å². The Kier molecular flexibility index (Phi) is 7.59. The number of hydrogen-bond donors (Lipinski definition) is 2. The van der Waals surface area contributed by atoms with Crippen LogP contribution in [0.15, 0.2) is 71.8 Å². The lowest BCUT2D eigenvalue weighted by atomic mass is 10.1. The van der Waals surface area contributed by atoms with Gasteiger partial charge in [0.2, 0.25) is 0 Å². The summed E-state index contributed by atoms with van der Waals surface area (Å²) in [5.74, 6) is -1.99. The minimum Gasteiger partial charge on any atom is -0.423 e. The third-order valence-corrected chi connectivity index (χ3v) is 4.88. The molecule has 3 rings (SSSR count). The van der Waals surface area contributed by atoms with E-state index in [9.17, 15) is 14.4 Å². The van der Waals surface area contributed by atoms with Crippen LogP contribution in [0.4, 0.5) is 5.69 Å². The maximum atomic E-state index is 12.1. The predicted octanol–water partition coefficient (Wildman–Crippen LogP) is 4.61. The van der Waals surface area contributed by atoms with Gasteiger partial charge in [0.25, 0.3) is 0 Å². The summed E-state index contributed by atoms with van der Waals surface area (Å²) >= 11 is 11.7. The number of hydrazone groups is 1. The van der Waals surface area contributed by atoms with E-state index in [1.54, 1.807) is 36.4 Å². The van der Waals surface area contributed by atoms with Crippen LogP contribution in [0, 0.1) is 6.92 Å². The number of benzene rings is 3. The van der Waals surface area contributed by atoms with E-state index in [-0.39, 0.29) is 5.02 Å². The second-order valence-corrected chi connectivity index (χ2v) is 7.42. The Bertz CT molecular complexity index is 1180. The molecular weight excluding hydrogens is 453 g/mol. The minimum absolute atomic E-state index is 0.246. The second-order valence-electron chi connectivity index (χ2n) is 6.61. The molecule has 32 heavy (non-hydrogen) atoms. The first-order valence-corrected chi connectivity index (χ1v) is 10.1. The number of hydrogen-bond acceptors (Lipinski definition) is 5. The minimum atomic E-state index is -0.962. The number of nitrogens with one attached hydrogen (secondary N) is 2. The molecule has 0 aliphatic rings. The van der Waals surface area contributed by atoms with Gasteiger partial charge in [-0.05, 0) is 67.1 Å². The molecule has 0 spiro atoms. The highest BCUT2D eigenvalue weighted by molar-refractivity contribution is 6.43. The Morgan fingerprint density at radius 2 is 1.56 bits per heavy atom. The van der Waals surface area contributed by atoms with Crippen molar-refractivity contribution in [3.63, 3.8) is 0 Å². The van der Waals surface area contributed by atoms with Gasteiger partial charge in [0.05, 0.1) is 21.8 Å². The molecule has 0 radical (unpaired) electrons. The second kappa shape index (κ2) is 10.6. The number of rotatable bonds is 5. The summed E-state index contributed by atoms with van der Waals surface area (Å²) in [5.41, 5.74) is 4.55. The maximum absolute atomic E-state index is 12.1. The van der Waals surface area contributed by atoms with E-state index in [0.717, 1.165) is 5.56 Å². The van der Waals surface area contributed by atoms with Crippen LogP contribution in [-0.2, 0) is 9.59 Å². The number of esters is 1. The number of amides is 2. The van der Waals surface area contributed by atoms with E-state index < -0.39 is 17.8 Å². The monoisotopic (exact) mass is 469 g/mol. The highest BCUT2D eigenvalue weighted by Gasteiger charge is 2.13. The first-order valence-electron chi connectivity index (χ1n) is 9.30. The van der Waals surface area contributed by atoms with Crippen molar-refractivity contribution < 1.29 is 19.1 Å². The topological polar surface area (TPSA) is 96.9 Å². The van der Waals surface area contributed by atoms with Gasteiger partial charge in [-0.1, -0.05) is 40.9 Å². The molecular formula is C23H17Cl2N3O4. The molecule has 0 saturated heterocycles. The number of nitrogens with zero attached hydrogens (tertiary/aromatic N) is 1. The Balaban J connectivity index is 1.51. The molecule has 0 aliphatic heterocycles. The van der Waals surface area contributed by atoms with Gasteiger partial charge in [-0.15, -0.1) is 0 Å². The number of anilines is 1. The zero-order valence-corrected chi connectivity index (χ0v) is 18.3. The molecule has 9 heteroatoms. The first kappa shape index (κ1) is 23.0. The van der Waals surface area contributed by atoms with Gasteiger partial charge < -0.3 is 10.1 Å². The summed E-state index contributed by atoms with van der Waals surface area (Å²) in [7, 11) is 0. The fourth-order valence-electron chi connectivity index (χ4n) is 2.46.